The Morgan fingerprint density at radius 1 is 0.864 bits per heavy atom. The number of unbranched alkanes of at least 4 members (excludes halogenated alkanes) is 4. The van der Waals surface area contributed by atoms with E-state index in [1.807, 2.05) is 6.92 Å². The molecule has 1 N–H and O–H groups in total. The molecular weight excluding hydrogens is 272 g/mol. The monoisotopic (exact) mass is 306 g/mol. The van der Waals surface area contributed by atoms with Gasteiger partial charge in [-0.05, 0) is 51.4 Å². The van der Waals surface area contributed by atoms with Crippen molar-refractivity contribution in [1.82, 2.24) is 0 Å². The molecule has 0 aromatic heterocycles. The highest BCUT2D eigenvalue weighted by Gasteiger charge is 2.13. The maximum atomic E-state index is 10.9. The first kappa shape index (κ1) is 20.7. The van der Waals surface area contributed by atoms with Crippen LogP contribution in [-0.4, -0.2) is 11.1 Å². The topological polar surface area (TPSA) is 37.3 Å². The number of carbonyl (C=O) groups is 1. The van der Waals surface area contributed by atoms with Crippen LogP contribution in [0.2, 0.25) is 0 Å². The number of aliphatic carboxylic acids is 1. The molecule has 0 fully saturated rings. The Morgan fingerprint density at radius 3 is 1.91 bits per heavy atom. The third-order valence-corrected chi connectivity index (χ3v) is 3.78. The molecule has 2 nitrogen and oxygen atoms in total. The summed E-state index contributed by atoms with van der Waals surface area (Å²) in [6.45, 7) is 4.17. The van der Waals surface area contributed by atoms with Crippen molar-refractivity contribution >= 4 is 5.97 Å². The molecule has 0 aromatic carbocycles. The molecule has 0 aliphatic carbocycles. The van der Waals surface area contributed by atoms with Crippen molar-refractivity contribution in [3.63, 3.8) is 0 Å². The standard InChI is InChI=1S/C20H34O2/c1-3-5-6-7-8-9-10-11-12-13-14-15-16-17-18-19(4-2)20(21)22/h8-9,11-12,14-15,19H,3-7,10,13,16-18H2,1-2H3,(H,21,22)/b9-8-,12-11-,15-14-. The van der Waals surface area contributed by atoms with Gasteiger partial charge in [-0.2, -0.15) is 0 Å². The molecule has 0 radical (unpaired) electrons. The van der Waals surface area contributed by atoms with Crippen molar-refractivity contribution in [1.29, 1.82) is 0 Å². The van der Waals surface area contributed by atoms with Crippen molar-refractivity contribution < 1.29 is 9.90 Å². The van der Waals surface area contributed by atoms with Gasteiger partial charge in [-0.25, -0.2) is 0 Å². The first-order valence-electron chi connectivity index (χ1n) is 8.90. The summed E-state index contributed by atoms with van der Waals surface area (Å²) in [4.78, 5) is 10.9. The van der Waals surface area contributed by atoms with Crippen LogP contribution in [0, 0.1) is 5.92 Å². The number of hydrogen-bond donors (Lipinski definition) is 1. The largest absolute Gasteiger partial charge is 0.481 e. The van der Waals surface area contributed by atoms with Gasteiger partial charge in [0.1, 0.15) is 0 Å². The second-order valence-corrected chi connectivity index (χ2v) is 5.76. The normalized spacial score (nSPS) is 13.5. The van der Waals surface area contributed by atoms with Crippen LogP contribution in [0.3, 0.4) is 0 Å². The zero-order valence-electron chi connectivity index (χ0n) is 14.5. The van der Waals surface area contributed by atoms with Gasteiger partial charge in [0.15, 0.2) is 0 Å². The number of carboxylic acids is 1. The smallest absolute Gasteiger partial charge is 0.306 e. The Hall–Kier alpha value is -1.31. The summed E-state index contributed by atoms with van der Waals surface area (Å²) in [6.07, 6.45) is 23.8. The maximum Gasteiger partial charge on any atom is 0.306 e. The van der Waals surface area contributed by atoms with Gasteiger partial charge >= 0.3 is 5.97 Å². The molecule has 0 aliphatic rings. The highest BCUT2D eigenvalue weighted by Crippen LogP contribution is 2.12. The summed E-state index contributed by atoms with van der Waals surface area (Å²) in [5.41, 5.74) is 0. The fraction of sp³-hybridized carbons (Fsp3) is 0.650. The van der Waals surface area contributed by atoms with Crippen molar-refractivity contribution in [2.24, 2.45) is 5.92 Å². The lowest BCUT2D eigenvalue weighted by Crippen LogP contribution is -2.11. The predicted octanol–water partition coefficient (Wildman–Crippen LogP) is 6.30. The zero-order chi connectivity index (χ0) is 16.5. The number of carboxylic acid groups (broad SMARTS) is 1. The second kappa shape index (κ2) is 16.1. The lowest BCUT2D eigenvalue weighted by atomic mass is 9.99. The van der Waals surface area contributed by atoms with Crippen LogP contribution in [0.4, 0.5) is 0 Å². The Labute approximate surface area is 137 Å². The molecule has 0 aromatic rings. The van der Waals surface area contributed by atoms with Gasteiger partial charge in [-0.3, -0.25) is 4.79 Å². The predicted molar refractivity (Wildman–Crippen MR) is 96.1 cm³/mol. The number of rotatable bonds is 14. The minimum absolute atomic E-state index is 0.169. The van der Waals surface area contributed by atoms with Crippen LogP contribution < -0.4 is 0 Å². The molecule has 0 heterocycles. The van der Waals surface area contributed by atoms with E-state index in [4.69, 9.17) is 5.11 Å². The van der Waals surface area contributed by atoms with Crippen LogP contribution >= 0.6 is 0 Å². The summed E-state index contributed by atoms with van der Waals surface area (Å²) in [7, 11) is 0. The highest BCUT2D eigenvalue weighted by atomic mass is 16.4. The zero-order valence-corrected chi connectivity index (χ0v) is 14.5. The van der Waals surface area contributed by atoms with Gasteiger partial charge < -0.3 is 5.11 Å². The van der Waals surface area contributed by atoms with Crippen molar-refractivity contribution in [3.8, 4) is 0 Å². The van der Waals surface area contributed by atoms with E-state index in [0.717, 1.165) is 38.5 Å². The minimum atomic E-state index is -0.655. The molecule has 22 heavy (non-hydrogen) atoms. The van der Waals surface area contributed by atoms with E-state index in [9.17, 15) is 4.79 Å². The minimum Gasteiger partial charge on any atom is -0.481 e. The molecule has 1 unspecified atom stereocenters. The SMILES string of the molecule is CCCCC/C=C\C/C=C\C/C=C\CCCC(CC)C(=O)O. The molecule has 0 amide bonds. The molecule has 1 atom stereocenters. The Bertz CT molecular complexity index is 340. The van der Waals surface area contributed by atoms with Crippen molar-refractivity contribution in [3.05, 3.63) is 36.5 Å². The van der Waals surface area contributed by atoms with Crippen LogP contribution in [0.1, 0.15) is 78.1 Å². The molecule has 0 saturated carbocycles. The summed E-state index contributed by atoms with van der Waals surface area (Å²) in [5.74, 6) is -0.824. The Balaban J connectivity index is 3.50. The van der Waals surface area contributed by atoms with Crippen LogP contribution in [0.5, 0.6) is 0 Å². The van der Waals surface area contributed by atoms with E-state index in [0.29, 0.717) is 0 Å². The van der Waals surface area contributed by atoms with Gasteiger partial charge in [0, 0.05) is 0 Å². The molecule has 0 saturated heterocycles. The maximum absolute atomic E-state index is 10.9. The van der Waals surface area contributed by atoms with Crippen molar-refractivity contribution in [2.75, 3.05) is 0 Å². The molecule has 2 heteroatoms. The van der Waals surface area contributed by atoms with E-state index in [1.54, 1.807) is 0 Å². The number of allylic oxidation sites excluding steroid dienone is 6. The average Bonchev–Trinajstić information content (AvgIpc) is 2.51. The van der Waals surface area contributed by atoms with Gasteiger partial charge in [-0.1, -0.05) is 63.1 Å². The first-order chi connectivity index (χ1) is 10.7. The molecule has 126 valence electrons. The van der Waals surface area contributed by atoms with Crippen molar-refractivity contribution in [2.45, 2.75) is 78.1 Å². The van der Waals surface area contributed by atoms with E-state index in [2.05, 4.69) is 43.4 Å². The number of hydrogen-bond acceptors (Lipinski definition) is 1. The second-order valence-electron chi connectivity index (χ2n) is 5.76. The third kappa shape index (κ3) is 13.7. The molecule has 0 spiro atoms. The third-order valence-electron chi connectivity index (χ3n) is 3.78. The Morgan fingerprint density at radius 2 is 1.41 bits per heavy atom. The summed E-state index contributed by atoms with van der Waals surface area (Å²) < 4.78 is 0. The fourth-order valence-corrected chi connectivity index (χ4v) is 2.27. The highest BCUT2D eigenvalue weighted by molar-refractivity contribution is 5.69. The van der Waals surface area contributed by atoms with Crippen LogP contribution in [0.15, 0.2) is 36.5 Å². The van der Waals surface area contributed by atoms with Gasteiger partial charge in [0.05, 0.1) is 5.92 Å². The molecular formula is C20H34O2. The summed E-state index contributed by atoms with van der Waals surface area (Å²) >= 11 is 0. The first-order valence-corrected chi connectivity index (χ1v) is 8.90. The lowest BCUT2D eigenvalue weighted by Gasteiger charge is -2.07. The quantitative estimate of drug-likeness (QED) is 0.302. The van der Waals surface area contributed by atoms with Crippen LogP contribution in [-0.2, 0) is 4.79 Å². The molecule has 0 aliphatic heterocycles. The summed E-state index contributed by atoms with van der Waals surface area (Å²) in [5, 5.41) is 8.94. The van der Waals surface area contributed by atoms with E-state index in [1.165, 1.54) is 25.7 Å². The average molecular weight is 306 g/mol. The van der Waals surface area contributed by atoms with Gasteiger partial charge in [0.25, 0.3) is 0 Å². The van der Waals surface area contributed by atoms with E-state index < -0.39 is 5.97 Å². The van der Waals surface area contributed by atoms with Gasteiger partial charge in [-0.15, -0.1) is 0 Å². The van der Waals surface area contributed by atoms with Gasteiger partial charge in [0.2, 0.25) is 0 Å². The van der Waals surface area contributed by atoms with E-state index >= 15 is 0 Å². The summed E-state index contributed by atoms with van der Waals surface area (Å²) in [6, 6.07) is 0. The molecule has 0 rings (SSSR count). The Kier molecular flexibility index (Phi) is 15.1. The van der Waals surface area contributed by atoms with E-state index in [-0.39, 0.29) is 5.92 Å². The van der Waals surface area contributed by atoms with Crippen LogP contribution in [0.25, 0.3) is 0 Å². The molecule has 0 bridgehead atoms. The fourth-order valence-electron chi connectivity index (χ4n) is 2.27. The lowest BCUT2D eigenvalue weighted by molar-refractivity contribution is -0.142.